The molecule has 0 aliphatic carbocycles. The molecular weight excluding hydrogens is 220 g/mol. The average Bonchev–Trinajstić information content (AvgIpc) is 2.17. The molecule has 0 rings (SSSR count). The highest BCUT2D eigenvalue weighted by atomic mass is 28.1. The van der Waals surface area contributed by atoms with E-state index < -0.39 is 5.41 Å². The summed E-state index contributed by atoms with van der Waals surface area (Å²) in [5.41, 5.74) is 0.384. The summed E-state index contributed by atoms with van der Waals surface area (Å²) in [6, 6.07) is 0. The summed E-state index contributed by atoms with van der Waals surface area (Å²) in [5.74, 6) is 0. The maximum absolute atomic E-state index is 5.52. The SMILES string of the molecule is C=C(C)COCCCC([Si])(OCC)OCC. The van der Waals surface area contributed by atoms with Crippen LogP contribution in [0, 0.1) is 0 Å². The molecule has 0 N–H and O–H groups in total. The van der Waals surface area contributed by atoms with Crippen LogP contribution in [0.4, 0.5) is 0 Å². The molecule has 0 fully saturated rings. The fraction of sp³-hybridized carbons (Fsp3) is 0.833. The Balaban J connectivity index is 3.71. The molecule has 0 amide bonds. The number of hydrogen-bond acceptors (Lipinski definition) is 3. The van der Waals surface area contributed by atoms with Gasteiger partial charge in [-0.25, -0.2) is 0 Å². The zero-order valence-corrected chi connectivity index (χ0v) is 11.7. The van der Waals surface area contributed by atoms with Crippen LogP contribution in [0.5, 0.6) is 0 Å². The minimum atomic E-state index is -0.657. The highest BCUT2D eigenvalue weighted by molar-refractivity contribution is 6.13. The van der Waals surface area contributed by atoms with Gasteiger partial charge >= 0.3 is 0 Å². The van der Waals surface area contributed by atoms with Gasteiger partial charge in [0.15, 0.2) is 0 Å². The van der Waals surface area contributed by atoms with E-state index >= 15 is 0 Å². The van der Waals surface area contributed by atoms with Gasteiger partial charge in [0.05, 0.1) is 6.61 Å². The van der Waals surface area contributed by atoms with Crippen molar-refractivity contribution < 1.29 is 14.2 Å². The fourth-order valence-electron chi connectivity index (χ4n) is 1.31. The first-order chi connectivity index (χ1) is 7.54. The molecule has 0 aliphatic heterocycles. The van der Waals surface area contributed by atoms with Gasteiger partial charge in [0.2, 0.25) is 0 Å². The van der Waals surface area contributed by atoms with Crippen LogP contribution in [0.15, 0.2) is 12.2 Å². The third kappa shape index (κ3) is 8.04. The van der Waals surface area contributed by atoms with E-state index in [-0.39, 0.29) is 0 Å². The maximum Gasteiger partial charge on any atom is 0.144 e. The number of rotatable bonds is 10. The molecule has 0 bridgehead atoms. The highest BCUT2D eigenvalue weighted by Gasteiger charge is 2.23. The van der Waals surface area contributed by atoms with Crippen molar-refractivity contribution in [2.24, 2.45) is 0 Å². The molecule has 0 aromatic rings. The van der Waals surface area contributed by atoms with Crippen molar-refractivity contribution in [3.05, 3.63) is 12.2 Å². The normalized spacial score (nSPS) is 11.8. The predicted molar refractivity (Wildman–Crippen MR) is 66.6 cm³/mol. The van der Waals surface area contributed by atoms with E-state index in [1.54, 1.807) is 0 Å². The zero-order valence-electron chi connectivity index (χ0n) is 10.7. The van der Waals surface area contributed by atoms with Crippen LogP contribution < -0.4 is 0 Å². The lowest BCUT2D eigenvalue weighted by Crippen LogP contribution is -2.37. The van der Waals surface area contributed by atoms with Gasteiger partial charge in [-0.05, 0) is 33.6 Å². The molecule has 0 aromatic carbocycles. The molecule has 3 nitrogen and oxygen atoms in total. The van der Waals surface area contributed by atoms with Gasteiger partial charge in [0.25, 0.3) is 0 Å². The van der Waals surface area contributed by atoms with Crippen LogP contribution in [0.3, 0.4) is 0 Å². The van der Waals surface area contributed by atoms with Gasteiger partial charge in [0.1, 0.15) is 15.7 Å². The van der Waals surface area contributed by atoms with E-state index in [1.165, 1.54) is 0 Å². The second kappa shape index (κ2) is 8.93. The van der Waals surface area contributed by atoms with Gasteiger partial charge in [-0.2, -0.15) is 0 Å². The molecule has 0 saturated carbocycles. The van der Waals surface area contributed by atoms with Crippen molar-refractivity contribution >= 4 is 10.2 Å². The van der Waals surface area contributed by atoms with Crippen LogP contribution in [0.2, 0.25) is 0 Å². The molecule has 0 atom stereocenters. The molecule has 3 radical (unpaired) electrons. The molecule has 0 spiro atoms. The van der Waals surface area contributed by atoms with Crippen molar-refractivity contribution in [3.63, 3.8) is 0 Å². The molecule has 0 aliphatic rings. The van der Waals surface area contributed by atoms with E-state index in [9.17, 15) is 0 Å². The summed E-state index contributed by atoms with van der Waals surface area (Å²) in [7, 11) is 3.52. The molecule has 0 saturated heterocycles. The number of ether oxygens (including phenoxy) is 3. The second-order valence-corrected chi connectivity index (χ2v) is 4.49. The Labute approximate surface area is 103 Å². The summed E-state index contributed by atoms with van der Waals surface area (Å²) < 4.78 is 16.4. The molecule has 0 heterocycles. The van der Waals surface area contributed by atoms with Gasteiger partial charge < -0.3 is 14.2 Å². The summed E-state index contributed by atoms with van der Waals surface area (Å²) in [4.78, 5) is 0. The van der Waals surface area contributed by atoms with Crippen molar-refractivity contribution in [2.45, 2.75) is 39.0 Å². The molecule has 16 heavy (non-hydrogen) atoms. The highest BCUT2D eigenvalue weighted by Crippen LogP contribution is 2.16. The van der Waals surface area contributed by atoms with Gasteiger partial charge in [-0.1, -0.05) is 12.2 Å². The van der Waals surface area contributed by atoms with E-state index in [0.29, 0.717) is 26.4 Å². The fourth-order valence-corrected chi connectivity index (χ4v) is 1.77. The van der Waals surface area contributed by atoms with Gasteiger partial charge in [-0.3, -0.25) is 0 Å². The average molecular weight is 243 g/mol. The Morgan fingerprint density at radius 1 is 1.25 bits per heavy atom. The minimum Gasteiger partial charge on any atom is -0.377 e. The van der Waals surface area contributed by atoms with Crippen LogP contribution in [0.25, 0.3) is 0 Å². The lowest BCUT2D eigenvalue weighted by molar-refractivity contribution is -0.178. The Bertz CT molecular complexity index is 189. The smallest absolute Gasteiger partial charge is 0.144 e. The third-order valence-corrected chi connectivity index (χ3v) is 2.44. The second-order valence-electron chi connectivity index (χ2n) is 3.73. The standard InChI is InChI=1S/C12H23O3Si/c1-5-14-12(16,15-6-2)8-7-9-13-10-11(3)4/h3,5-10H2,1-2,4H3. The van der Waals surface area contributed by atoms with Crippen molar-refractivity contribution in [1.82, 2.24) is 0 Å². The van der Waals surface area contributed by atoms with Crippen LogP contribution >= 0.6 is 0 Å². The van der Waals surface area contributed by atoms with Crippen molar-refractivity contribution in [3.8, 4) is 0 Å². The van der Waals surface area contributed by atoms with E-state index in [1.807, 2.05) is 20.8 Å². The van der Waals surface area contributed by atoms with Crippen molar-refractivity contribution in [1.29, 1.82) is 0 Å². The summed E-state index contributed by atoms with van der Waals surface area (Å²) >= 11 is 0. The monoisotopic (exact) mass is 243 g/mol. The summed E-state index contributed by atoms with van der Waals surface area (Å²) in [5, 5.41) is 0. The van der Waals surface area contributed by atoms with Crippen LogP contribution in [-0.2, 0) is 14.2 Å². The van der Waals surface area contributed by atoms with Gasteiger partial charge in [0, 0.05) is 19.8 Å². The molecule has 93 valence electrons. The maximum atomic E-state index is 5.52. The van der Waals surface area contributed by atoms with Crippen LogP contribution in [0.1, 0.15) is 33.6 Å². The Morgan fingerprint density at radius 2 is 1.81 bits per heavy atom. The van der Waals surface area contributed by atoms with E-state index in [0.717, 1.165) is 18.4 Å². The first kappa shape index (κ1) is 15.8. The summed E-state index contributed by atoms with van der Waals surface area (Å²) in [6.45, 7) is 12.2. The van der Waals surface area contributed by atoms with Crippen LogP contribution in [-0.4, -0.2) is 42.1 Å². The molecule has 4 heteroatoms. The van der Waals surface area contributed by atoms with Crippen molar-refractivity contribution in [2.75, 3.05) is 26.4 Å². The predicted octanol–water partition coefficient (Wildman–Crippen LogP) is 2.25. The molecule has 0 unspecified atom stereocenters. The Morgan fingerprint density at radius 3 is 2.25 bits per heavy atom. The van der Waals surface area contributed by atoms with E-state index in [2.05, 4.69) is 16.8 Å². The Kier molecular flexibility index (Phi) is 8.84. The Hall–Kier alpha value is -0.163. The summed E-state index contributed by atoms with van der Waals surface area (Å²) in [6.07, 6.45) is 1.65. The van der Waals surface area contributed by atoms with E-state index in [4.69, 9.17) is 14.2 Å². The topological polar surface area (TPSA) is 27.7 Å². The minimum absolute atomic E-state index is 0.621. The third-order valence-electron chi connectivity index (χ3n) is 1.90. The first-order valence-corrected chi connectivity index (χ1v) is 6.29. The molecule has 0 aromatic heterocycles. The lowest BCUT2D eigenvalue weighted by atomic mass is 10.3. The zero-order chi connectivity index (χ0) is 12.4. The largest absolute Gasteiger partial charge is 0.377 e. The quantitative estimate of drug-likeness (QED) is 0.255. The van der Waals surface area contributed by atoms with Gasteiger partial charge in [-0.15, -0.1) is 0 Å². The molecular formula is C12H23O3Si. The first-order valence-electron chi connectivity index (χ1n) is 5.79. The lowest BCUT2D eigenvalue weighted by Gasteiger charge is -2.29. The number of hydrogen-bond donors (Lipinski definition) is 0.